The predicted molar refractivity (Wildman–Crippen MR) is 36.1 cm³/mol. The second-order valence-electron chi connectivity index (χ2n) is 2.46. The van der Waals surface area contributed by atoms with Gasteiger partial charge in [0.05, 0.1) is 0 Å². The molecule has 2 aromatic rings. The molecule has 0 atom stereocenters. The lowest BCUT2D eigenvalue weighted by atomic mass is 10.1. The molecule has 54 valence electrons. The van der Waals surface area contributed by atoms with Gasteiger partial charge in [-0.2, -0.15) is 0 Å². The minimum atomic E-state index is -0.160. The largest absolute Gasteiger partial charge is 0.480 e. The maximum atomic E-state index is 9.11. The van der Waals surface area contributed by atoms with Gasteiger partial charge in [-0.3, -0.25) is 5.41 Å². The van der Waals surface area contributed by atoms with Gasteiger partial charge in [-0.05, 0) is 0 Å². The van der Waals surface area contributed by atoms with Crippen LogP contribution >= 0.6 is 0 Å². The van der Waals surface area contributed by atoms with E-state index in [2.05, 4.69) is 0 Å². The Bertz CT molecular complexity index is 477. The molecular weight excluding hydrogens is 146 g/mol. The normalized spacial score (nSPS) is 14.0. The van der Waals surface area contributed by atoms with Crippen LogP contribution in [0.4, 0.5) is 0 Å². The summed E-state index contributed by atoms with van der Waals surface area (Å²) in [5.41, 5.74) is 0.704. The van der Waals surface area contributed by atoms with Gasteiger partial charge >= 0.3 is 0 Å². The Morgan fingerprint density at radius 1 is 1.36 bits per heavy atom. The summed E-state index contributed by atoms with van der Waals surface area (Å²) < 4.78 is 9.98. The standard InChI is InChI=1S/C7H3NO3/c8-4-3-1-2-5(10-3)6(4)11-7(2)9/h1,8-9H. The molecule has 1 aliphatic heterocycles. The molecular formula is C7H3NO3. The van der Waals surface area contributed by atoms with Crippen LogP contribution in [0.15, 0.2) is 14.9 Å². The molecule has 1 aliphatic rings. The lowest BCUT2D eigenvalue weighted by molar-refractivity contribution is 0.336. The molecule has 4 nitrogen and oxygen atoms in total. The van der Waals surface area contributed by atoms with Crippen molar-refractivity contribution in [2.45, 2.75) is 0 Å². The molecule has 2 N–H and O–H groups in total. The minimum Gasteiger partial charge on any atom is -0.480 e. The summed E-state index contributed by atoms with van der Waals surface area (Å²) in [6.45, 7) is 0. The fraction of sp³-hybridized carbons (Fsp3) is 0. The predicted octanol–water partition coefficient (Wildman–Crippen LogP) is 1.46. The lowest BCUT2D eigenvalue weighted by Crippen LogP contribution is -1.93. The third-order valence-corrected chi connectivity index (χ3v) is 1.84. The van der Waals surface area contributed by atoms with E-state index in [4.69, 9.17) is 19.4 Å². The zero-order chi connectivity index (χ0) is 7.59. The average molecular weight is 149 g/mol. The molecule has 2 bridgehead atoms. The van der Waals surface area contributed by atoms with E-state index >= 15 is 0 Å². The molecule has 0 radical (unpaired) electrons. The number of hydrogen-bond donors (Lipinski definition) is 2. The van der Waals surface area contributed by atoms with Crippen molar-refractivity contribution in [3.05, 3.63) is 17.6 Å². The molecule has 0 fully saturated rings. The highest BCUT2D eigenvalue weighted by Gasteiger charge is 2.30. The zero-order valence-corrected chi connectivity index (χ0v) is 5.34. The third-order valence-electron chi connectivity index (χ3n) is 1.84. The quantitative estimate of drug-likeness (QED) is 0.508. The maximum Gasteiger partial charge on any atom is 0.294 e. The summed E-state index contributed by atoms with van der Waals surface area (Å²) in [4.78, 5) is 0. The second kappa shape index (κ2) is 1.18. The average Bonchev–Trinajstić information content (AvgIpc) is 2.53. The van der Waals surface area contributed by atoms with Crippen molar-refractivity contribution in [3.63, 3.8) is 0 Å². The van der Waals surface area contributed by atoms with Crippen LogP contribution in [-0.2, 0) is 0 Å². The van der Waals surface area contributed by atoms with Gasteiger partial charge in [-0.15, -0.1) is 0 Å². The molecule has 3 rings (SSSR count). The molecule has 0 spiro atoms. The van der Waals surface area contributed by atoms with Crippen molar-refractivity contribution >= 4 is 16.7 Å². The Morgan fingerprint density at radius 2 is 2.18 bits per heavy atom. The highest BCUT2D eigenvalue weighted by Crippen LogP contribution is 2.40. The molecule has 0 aliphatic carbocycles. The first-order valence-corrected chi connectivity index (χ1v) is 3.12. The first-order valence-electron chi connectivity index (χ1n) is 3.12. The fourth-order valence-electron chi connectivity index (χ4n) is 1.32. The van der Waals surface area contributed by atoms with E-state index < -0.39 is 0 Å². The summed E-state index contributed by atoms with van der Waals surface area (Å²) in [5.74, 6) is 0.649. The van der Waals surface area contributed by atoms with Crippen LogP contribution in [0.3, 0.4) is 0 Å². The summed E-state index contributed by atoms with van der Waals surface area (Å²) in [6, 6.07) is 1.60. The van der Waals surface area contributed by atoms with Gasteiger partial charge in [0.25, 0.3) is 5.95 Å². The molecule has 0 aromatic carbocycles. The van der Waals surface area contributed by atoms with Crippen LogP contribution in [0.2, 0.25) is 0 Å². The van der Waals surface area contributed by atoms with Crippen molar-refractivity contribution in [3.8, 4) is 5.95 Å². The van der Waals surface area contributed by atoms with Gasteiger partial charge in [-0.25, -0.2) is 0 Å². The van der Waals surface area contributed by atoms with Crippen LogP contribution in [0.1, 0.15) is 11.5 Å². The van der Waals surface area contributed by atoms with Crippen molar-refractivity contribution in [1.29, 1.82) is 5.41 Å². The lowest BCUT2D eigenvalue weighted by Gasteiger charge is -1.85. The highest BCUT2D eigenvalue weighted by molar-refractivity contribution is 6.20. The summed E-state index contributed by atoms with van der Waals surface area (Å²) >= 11 is 0. The number of nitrogens with one attached hydrogen (secondary N) is 1. The number of furan rings is 2. The summed E-state index contributed by atoms with van der Waals surface area (Å²) in [7, 11) is 0. The van der Waals surface area contributed by atoms with Crippen molar-refractivity contribution in [2.75, 3.05) is 0 Å². The van der Waals surface area contributed by atoms with Crippen molar-refractivity contribution in [1.82, 2.24) is 0 Å². The first-order chi connectivity index (χ1) is 5.27. The van der Waals surface area contributed by atoms with Gasteiger partial charge in [0, 0.05) is 6.07 Å². The number of rotatable bonds is 0. The van der Waals surface area contributed by atoms with Gasteiger partial charge in [0.15, 0.2) is 11.3 Å². The van der Waals surface area contributed by atoms with Gasteiger partial charge < -0.3 is 13.9 Å². The maximum absolute atomic E-state index is 9.11. The molecule has 0 saturated heterocycles. The zero-order valence-electron chi connectivity index (χ0n) is 5.34. The third kappa shape index (κ3) is 0.357. The molecule has 0 unspecified atom stereocenters. The van der Waals surface area contributed by atoms with Crippen LogP contribution in [0, 0.1) is 5.41 Å². The van der Waals surface area contributed by atoms with E-state index in [1.165, 1.54) is 0 Å². The van der Waals surface area contributed by atoms with E-state index in [1.54, 1.807) is 6.07 Å². The fourth-order valence-corrected chi connectivity index (χ4v) is 1.32. The Kier molecular flexibility index (Phi) is 0.539. The van der Waals surface area contributed by atoms with Gasteiger partial charge in [-0.1, -0.05) is 0 Å². The van der Waals surface area contributed by atoms with E-state index in [0.717, 1.165) is 0 Å². The van der Waals surface area contributed by atoms with E-state index in [0.29, 0.717) is 22.5 Å². The first kappa shape index (κ1) is 5.01. The van der Waals surface area contributed by atoms with Crippen LogP contribution in [0.5, 0.6) is 5.95 Å². The monoisotopic (exact) mass is 149 g/mol. The van der Waals surface area contributed by atoms with E-state index in [1.807, 2.05) is 0 Å². The Hall–Kier alpha value is -1.71. The topological polar surface area (TPSA) is 70.4 Å². The van der Waals surface area contributed by atoms with E-state index in [-0.39, 0.29) is 11.7 Å². The molecule has 0 saturated carbocycles. The smallest absolute Gasteiger partial charge is 0.294 e. The van der Waals surface area contributed by atoms with Crippen LogP contribution in [0.25, 0.3) is 11.0 Å². The second-order valence-corrected chi connectivity index (χ2v) is 2.46. The molecule has 3 heterocycles. The minimum absolute atomic E-state index is 0.160. The molecule has 11 heavy (non-hydrogen) atoms. The summed E-state index contributed by atoms with van der Waals surface area (Å²) in [5, 5.41) is 17.1. The Morgan fingerprint density at radius 3 is 2.82 bits per heavy atom. The Labute approximate surface area is 60.5 Å². The van der Waals surface area contributed by atoms with E-state index in [9.17, 15) is 0 Å². The van der Waals surface area contributed by atoms with Crippen molar-refractivity contribution in [2.24, 2.45) is 0 Å². The highest BCUT2D eigenvalue weighted by atomic mass is 16.5. The molecule has 4 heteroatoms. The SMILES string of the molecule is N=C1c2cc3c(O)oc1c3o2. The van der Waals surface area contributed by atoms with Crippen molar-refractivity contribution < 1.29 is 13.9 Å². The van der Waals surface area contributed by atoms with Gasteiger partial charge in [0.2, 0.25) is 5.76 Å². The molecule has 0 amide bonds. The number of fused-ring (bicyclic) bond motifs is 1. The number of aromatic hydroxyl groups is 1. The van der Waals surface area contributed by atoms with Crippen LogP contribution < -0.4 is 0 Å². The number of hydrogen-bond acceptors (Lipinski definition) is 4. The Balaban J connectivity index is 2.69. The summed E-state index contributed by atoms with van der Waals surface area (Å²) in [6.07, 6.45) is 0. The van der Waals surface area contributed by atoms with Crippen LogP contribution in [-0.4, -0.2) is 10.8 Å². The van der Waals surface area contributed by atoms with Gasteiger partial charge in [0.1, 0.15) is 11.1 Å². The molecule has 2 aromatic heterocycles.